The fraction of sp³-hybridized carbons (Fsp3) is 0.286. The van der Waals surface area contributed by atoms with Crippen molar-refractivity contribution < 1.29 is 18.3 Å². The molecule has 1 heterocycles. The average molecular weight is 444 g/mol. The van der Waals surface area contributed by atoms with E-state index < -0.39 is 21.7 Å². The molecule has 1 atom stereocenters. The highest BCUT2D eigenvalue weighted by molar-refractivity contribution is 7.89. The molecule has 0 aliphatic carbocycles. The molecule has 0 fully saturated rings. The summed E-state index contributed by atoms with van der Waals surface area (Å²) in [5.74, 6) is 0. The summed E-state index contributed by atoms with van der Waals surface area (Å²) in [7, 11) is -3.78. The van der Waals surface area contributed by atoms with Crippen LogP contribution < -0.4 is 10.0 Å². The second-order valence-electron chi connectivity index (χ2n) is 7.66. The lowest BCUT2D eigenvalue weighted by atomic mass is 9.98. The van der Waals surface area contributed by atoms with Crippen LogP contribution >= 0.6 is 0 Å². The number of hydrogen-bond acceptors (Lipinski definition) is 5. The molecule has 3 aromatic rings. The molecular weight excluding hydrogens is 418 g/mol. The quantitative estimate of drug-likeness (QED) is 0.421. The van der Waals surface area contributed by atoms with Crippen molar-refractivity contribution in [1.29, 1.82) is 0 Å². The molecule has 3 rings (SSSR count). The van der Waals surface area contributed by atoms with Crippen LogP contribution in [0.3, 0.4) is 0 Å². The van der Waals surface area contributed by atoms with Gasteiger partial charge in [-0.25, -0.2) is 13.2 Å². The average Bonchev–Trinajstić information content (AvgIpc) is 3.27. The molecule has 0 aliphatic heterocycles. The van der Waals surface area contributed by atoms with Gasteiger partial charge in [-0.05, 0) is 55.2 Å². The highest BCUT2D eigenvalue weighted by atomic mass is 32.2. The molecule has 4 N–H and O–H groups in total. The second kappa shape index (κ2) is 8.86. The van der Waals surface area contributed by atoms with E-state index in [0.717, 1.165) is 16.7 Å². The summed E-state index contributed by atoms with van der Waals surface area (Å²) in [6, 6.07) is 13.7. The van der Waals surface area contributed by atoms with Gasteiger partial charge in [0.15, 0.2) is 0 Å². The maximum Gasteiger partial charge on any atom is 0.405 e. The van der Waals surface area contributed by atoms with Crippen molar-refractivity contribution in [3.8, 4) is 11.1 Å². The van der Waals surface area contributed by atoms with Gasteiger partial charge < -0.3 is 10.4 Å². The molecule has 164 valence electrons. The predicted molar refractivity (Wildman–Crippen MR) is 116 cm³/mol. The number of aromatic nitrogens is 3. The van der Waals surface area contributed by atoms with E-state index in [1.54, 1.807) is 38.1 Å². The zero-order chi connectivity index (χ0) is 22.6. The van der Waals surface area contributed by atoms with Gasteiger partial charge in [0.25, 0.3) is 0 Å². The second-order valence-corrected chi connectivity index (χ2v) is 9.34. The highest BCUT2D eigenvalue weighted by Gasteiger charge is 2.29. The molecule has 31 heavy (non-hydrogen) atoms. The molecular formula is C21H25N5O4S. The molecule has 0 spiro atoms. The van der Waals surface area contributed by atoms with E-state index in [1.807, 2.05) is 31.2 Å². The molecule has 0 bridgehead atoms. The first-order chi connectivity index (χ1) is 14.6. The van der Waals surface area contributed by atoms with Crippen LogP contribution in [0.1, 0.15) is 44.5 Å². The molecule has 0 saturated carbocycles. The third-order valence-corrected chi connectivity index (χ3v) is 6.64. The van der Waals surface area contributed by atoms with Crippen LogP contribution in [0, 0.1) is 0 Å². The van der Waals surface area contributed by atoms with Crippen molar-refractivity contribution in [3.63, 3.8) is 0 Å². The van der Waals surface area contributed by atoms with E-state index in [0.29, 0.717) is 12.1 Å². The van der Waals surface area contributed by atoms with Crippen LogP contribution in [0.4, 0.5) is 4.79 Å². The highest BCUT2D eigenvalue weighted by Crippen LogP contribution is 2.27. The SMILES string of the molecule is CCC(NC(=O)O)c1cccc(-c2ccc(S(=O)(=O)NC(C)(C)c3cnn[nH]3)cc2)c1. The minimum absolute atomic E-state index is 0.131. The first-order valence-corrected chi connectivity index (χ1v) is 11.2. The number of carbonyl (C=O) groups is 1. The zero-order valence-corrected chi connectivity index (χ0v) is 18.3. The van der Waals surface area contributed by atoms with Gasteiger partial charge in [-0.2, -0.15) is 4.72 Å². The van der Waals surface area contributed by atoms with E-state index in [4.69, 9.17) is 5.11 Å². The van der Waals surface area contributed by atoms with E-state index in [2.05, 4.69) is 25.4 Å². The molecule has 9 nitrogen and oxygen atoms in total. The molecule has 0 saturated heterocycles. The minimum atomic E-state index is -3.78. The van der Waals surface area contributed by atoms with Gasteiger partial charge >= 0.3 is 6.09 Å². The van der Waals surface area contributed by atoms with Crippen LogP contribution in [0.2, 0.25) is 0 Å². The number of nitrogens with zero attached hydrogens (tertiary/aromatic N) is 2. The summed E-state index contributed by atoms with van der Waals surface area (Å²) in [6.45, 7) is 5.34. The molecule has 1 aromatic heterocycles. The Morgan fingerprint density at radius 2 is 1.87 bits per heavy atom. The van der Waals surface area contributed by atoms with Gasteiger partial charge in [0.2, 0.25) is 10.0 Å². The fourth-order valence-electron chi connectivity index (χ4n) is 3.28. The Morgan fingerprint density at radius 3 is 2.45 bits per heavy atom. The maximum atomic E-state index is 12.8. The van der Waals surface area contributed by atoms with Crippen molar-refractivity contribution in [2.45, 2.75) is 43.7 Å². The predicted octanol–water partition coefficient (Wildman–Crippen LogP) is 3.40. The molecule has 0 aliphatic rings. The van der Waals surface area contributed by atoms with Crippen LogP contribution in [0.15, 0.2) is 59.6 Å². The van der Waals surface area contributed by atoms with Crippen molar-refractivity contribution >= 4 is 16.1 Å². The van der Waals surface area contributed by atoms with Crippen molar-refractivity contribution in [2.75, 3.05) is 0 Å². The van der Waals surface area contributed by atoms with Crippen LogP contribution in [-0.4, -0.2) is 35.0 Å². The van der Waals surface area contributed by atoms with Crippen LogP contribution in [-0.2, 0) is 15.6 Å². The number of rotatable bonds is 8. The summed E-state index contributed by atoms with van der Waals surface area (Å²) in [5, 5.41) is 21.5. The Morgan fingerprint density at radius 1 is 1.16 bits per heavy atom. The van der Waals surface area contributed by atoms with Crippen molar-refractivity contribution in [3.05, 3.63) is 66.0 Å². The van der Waals surface area contributed by atoms with Crippen molar-refractivity contribution in [1.82, 2.24) is 25.4 Å². The summed E-state index contributed by atoms with van der Waals surface area (Å²) in [6.07, 6.45) is 1.01. The Labute approximate surface area is 181 Å². The lowest BCUT2D eigenvalue weighted by molar-refractivity contribution is 0.189. The summed E-state index contributed by atoms with van der Waals surface area (Å²) in [5.41, 5.74) is 2.16. The fourth-order valence-corrected chi connectivity index (χ4v) is 4.67. The summed E-state index contributed by atoms with van der Waals surface area (Å²) in [4.78, 5) is 11.2. The molecule has 2 aromatic carbocycles. The number of sulfonamides is 1. The lowest BCUT2D eigenvalue weighted by Gasteiger charge is -2.24. The Kier molecular flexibility index (Phi) is 6.42. The third kappa shape index (κ3) is 5.28. The number of aromatic amines is 1. The van der Waals surface area contributed by atoms with Gasteiger partial charge in [0, 0.05) is 0 Å². The number of amides is 1. The Balaban J connectivity index is 1.83. The molecule has 1 unspecified atom stereocenters. The van der Waals surface area contributed by atoms with Gasteiger partial charge in [-0.3, -0.25) is 5.10 Å². The van der Waals surface area contributed by atoms with Crippen molar-refractivity contribution in [2.24, 2.45) is 0 Å². The monoisotopic (exact) mass is 443 g/mol. The molecule has 1 amide bonds. The number of hydrogen-bond donors (Lipinski definition) is 4. The standard InChI is InChI=1S/C21H25N5O4S/c1-4-18(23-20(27)28)16-7-5-6-15(12-16)14-8-10-17(11-9-14)31(29,30)25-21(2,3)19-13-22-26-24-19/h5-13,18,23,25H,4H2,1-3H3,(H,27,28)(H,22,24,26). The van der Waals surface area contributed by atoms with E-state index in [-0.39, 0.29) is 10.9 Å². The Hall–Kier alpha value is -3.24. The first kappa shape index (κ1) is 22.4. The van der Waals surface area contributed by atoms with E-state index in [9.17, 15) is 13.2 Å². The zero-order valence-electron chi connectivity index (χ0n) is 17.5. The number of carboxylic acid groups (broad SMARTS) is 1. The molecule has 10 heteroatoms. The normalized spacial score (nSPS) is 13.0. The van der Waals surface area contributed by atoms with Gasteiger partial charge in [0.05, 0.1) is 28.4 Å². The molecule has 0 radical (unpaired) electrons. The topological polar surface area (TPSA) is 137 Å². The number of benzene rings is 2. The Bertz CT molecular complexity index is 1140. The van der Waals surface area contributed by atoms with Gasteiger partial charge in [-0.15, -0.1) is 5.10 Å². The van der Waals surface area contributed by atoms with Crippen LogP contribution in [0.5, 0.6) is 0 Å². The van der Waals surface area contributed by atoms with E-state index >= 15 is 0 Å². The smallest absolute Gasteiger partial charge is 0.405 e. The number of H-pyrrole nitrogens is 1. The third-order valence-electron chi connectivity index (χ3n) is 4.97. The minimum Gasteiger partial charge on any atom is -0.465 e. The van der Waals surface area contributed by atoms with E-state index in [1.165, 1.54) is 6.20 Å². The summed E-state index contributed by atoms with van der Waals surface area (Å²) < 4.78 is 28.3. The number of nitrogens with one attached hydrogen (secondary N) is 3. The summed E-state index contributed by atoms with van der Waals surface area (Å²) >= 11 is 0. The largest absolute Gasteiger partial charge is 0.465 e. The maximum absolute atomic E-state index is 12.8. The van der Waals surface area contributed by atoms with Gasteiger partial charge in [0.1, 0.15) is 0 Å². The van der Waals surface area contributed by atoms with Gasteiger partial charge in [-0.1, -0.05) is 42.5 Å². The first-order valence-electron chi connectivity index (χ1n) is 9.73. The van der Waals surface area contributed by atoms with Crippen LogP contribution in [0.25, 0.3) is 11.1 Å². The lowest BCUT2D eigenvalue weighted by Crippen LogP contribution is -2.41.